The normalized spacial score (nSPS) is 25.3. The first-order chi connectivity index (χ1) is 9.79. The molecule has 0 aromatic heterocycles. The van der Waals surface area contributed by atoms with Crippen molar-refractivity contribution in [3.8, 4) is 0 Å². The summed E-state index contributed by atoms with van der Waals surface area (Å²) < 4.78 is 0. The highest BCUT2D eigenvalue weighted by Crippen LogP contribution is 2.31. The summed E-state index contributed by atoms with van der Waals surface area (Å²) in [5.74, 6) is 0. The number of aliphatic hydroxyl groups excluding tert-OH is 1. The van der Waals surface area contributed by atoms with Crippen LogP contribution in [0.2, 0.25) is 0 Å². The van der Waals surface area contributed by atoms with Crippen LogP contribution in [0.15, 0.2) is 24.3 Å². The summed E-state index contributed by atoms with van der Waals surface area (Å²) in [4.78, 5) is 5.16. The van der Waals surface area contributed by atoms with Crippen LogP contribution >= 0.6 is 0 Å². The maximum absolute atomic E-state index is 10.3. The van der Waals surface area contributed by atoms with Crippen LogP contribution in [-0.4, -0.2) is 42.2 Å². The summed E-state index contributed by atoms with van der Waals surface area (Å²) in [6.45, 7) is 6.79. The smallest absolute Gasteiger partial charge is 0.0807 e. The molecule has 2 saturated heterocycles. The van der Waals surface area contributed by atoms with Gasteiger partial charge in [0.25, 0.3) is 0 Å². The van der Waals surface area contributed by atoms with Gasteiger partial charge in [-0.05, 0) is 38.3 Å². The SMILES string of the molecule is CC[C@@H](O)c1ccccc1N1CCCN2CCCC2C1. The summed E-state index contributed by atoms with van der Waals surface area (Å²) in [7, 11) is 0. The molecule has 110 valence electrons. The Morgan fingerprint density at radius 2 is 2.00 bits per heavy atom. The lowest BCUT2D eigenvalue weighted by molar-refractivity contribution is 0.174. The minimum absolute atomic E-state index is 0.339. The number of aliphatic hydroxyl groups is 1. The lowest BCUT2D eigenvalue weighted by atomic mass is 10.0. The third-order valence-electron chi connectivity index (χ3n) is 4.83. The highest BCUT2D eigenvalue weighted by atomic mass is 16.3. The second-order valence-corrected chi connectivity index (χ2v) is 6.11. The number of para-hydroxylation sites is 1. The minimum atomic E-state index is -0.339. The molecule has 2 heterocycles. The Morgan fingerprint density at radius 1 is 1.20 bits per heavy atom. The summed E-state index contributed by atoms with van der Waals surface area (Å²) in [5.41, 5.74) is 2.34. The van der Waals surface area contributed by atoms with Gasteiger partial charge >= 0.3 is 0 Å². The van der Waals surface area contributed by atoms with Crippen LogP contribution in [0.3, 0.4) is 0 Å². The molecule has 2 atom stereocenters. The van der Waals surface area contributed by atoms with E-state index in [1.54, 1.807) is 0 Å². The van der Waals surface area contributed by atoms with Crippen molar-refractivity contribution in [1.29, 1.82) is 0 Å². The van der Waals surface area contributed by atoms with Crippen LogP contribution in [0.1, 0.15) is 44.3 Å². The molecule has 2 fully saturated rings. The molecule has 0 bridgehead atoms. The van der Waals surface area contributed by atoms with Crippen molar-refractivity contribution in [2.45, 2.75) is 44.8 Å². The Labute approximate surface area is 122 Å². The second-order valence-electron chi connectivity index (χ2n) is 6.11. The minimum Gasteiger partial charge on any atom is -0.388 e. The molecule has 1 N–H and O–H groups in total. The van der Waals surface area contributed by atoms with E-state index < -0.39 is 0 Å². The van der Waals surface area contributed by atoms with Gasteiger partial charge in [-0.2, -0.15) is 0 Å². The number of benzene rings is 1. The van der Waals surface area contributed by atoms with Crippen LogP contribution in [0.4, 0.5) is 5.69 Å². The van der Waals surface area contributed by atoms with Crippen molar-refractivity contribution in [3.05, 3.63) is 29.8 Å². The topological polar surface area (TPSA) is 26.7 Å². The number of nitrogens with zero attached hydrogens (tertiary/aromatic N) is 2. The van der Waals surface area contributed by atoms with E-state index in [1.165, 1.54) is 38.0 Å². The van der Waals surface area contributed by atoms with Crippen molar-refractivity contribution in [1.82, 2.24) is 4.90 Å². The molecule has 3 nitrogen and oxygen atoms in total. The predicted octanol–water partition coefficient (Wildman–Crippen LogP) is 2.80. The molecule has 1 aromatic rings. The molecule has 0 aliphatic carbocycles. The van der Waals surface area contributed by atoms with Crippen LogP contribution in [0.25, 0.3) is 0 Å². The lowest BCUT2D eigenvalue weighted by Crippen LogP contribution is -2.37. The third kappa shape index (κ3) is 2.70. The van der Waals surface area contributed by atoms with Gasteiger partial charge in [-0.1, -0.05) is 25.1 Å². The molecular weight excluding hydrogens is 248 g/mol. The monoisotopic (exact) mass is 274 g/mol. The molecule has 20 heavy (non-hydrogen) atoms. The summed E-state index contributed by atoms with van der Waals surface area (Å²) in [6.07, 6.45) is 4.34. The molecule has 1 unspecified atom stereocenters. The van der Waals surface area contributed by atoms with E-state index in [0.717, 1.165) is 25.1 Å². The van der Waals surface area contributed by atoms with Crippen molar-refractivity contribution in [3.63, 3.8) is 0 Å². The van der Waals surface area contributed by atoms with Crippen molar-refractivity contribution in [2.24, 2.45) is 0 Å². The number of rotatable bonds is 3. The Hall–Kier alpha value is -1.06. The van der Waals surface area contributed by atoms with Crippen LogP contribution in [0, 0.1) is 0 Å². The zero-order valence-electron chi connectivity index (χ0n) is 12.5. The van der Waals surface area contributed by atoms with E-state index in [2.05, 4.69) is 28.0 Å². The predicted molar refractivity (Wildman–Crippen MR) is 83.1 cm³/mol. The van der Waals surface area contributed by atoms with Gasteiger partial charge in [-0.25, -0.2) is 0 Å². The van der Waals surface area contributed by atoms with E-state index in [1.807, 2.05) is 13.0 Å². The van der Waals surface area contributed by atoms with E-state index in [4.69, 9.17) is 0 Å². The Kier molecular flexibility index (Phi) is 4.27. The maximum atomic E-state index is 10.3. The summed E-state index contributed by atoms with van der Waals surface area (Å²) in [6, 6.07) is 9.11. The fraction of sp³-hybridized carbons (Fsp3) is 0.647. The molecular formula is C17H26N2O. The highest BCUT2D eigenvalue weighted by molar-refractivity contribution is 5.55. The van der Waals surface area contributed by atoms with E-state index in [9.17, 15) is 5.11 Å². The van der Waals surface area contributed by atoms with Gasteiger partial charge in [-0.3, -0.25) is 4.90 Å². The zero-order chi connectivity index (χ0) is 13.9. The Bertz CT molecular complexity index is 448. The first-order valence-electron chi connectivity index (χ1n) is 8.05. The summed E-state index contributed by atoms with van der Waals surface area (Å²) in [5, 5.41) is 10.3. The summed E-state index contributed by atoms with van der Waals surface area (Å²) >= 11 is 0. The molecule has 2 aliphatic heterocycles. The first-order valence-corrected chi connectivity index (χ1v) is 8.05. The number of hydrogen-bond donors (Lipinski definition) is 1. The van der Waals surface area contributed by atoms with Crippen molar-refractivity contribution < 1.29 is 5.11 Å². The molecule has 2 aliphatic rings. The van der Waals surface area contributed by atoms with Gasteiger partial charge in [0, 0.05) is 36.9 Å². The first kappa shape index (κ1) is 13.9. The lowest BCUT2D eigenvalue weighted by Gasteiger charge is -2.30. The molecule has 0 radical (unpaired) electrons. The third-order valence-corrected chi connectivity index (χ3v) is 4.83. The quantitative estimate of drug-likeness (QED) is 0.918. The molecule has 3 heteroatoms. The average Bonchev–Trinajstić information content (AvgIpc) is 2.83. The number of hydrogen-bond acceptors (Lipinski definition) is 3. The number of anilines is 1. The van der Waals surface area contributed by atoms with Gasteiger partial charge in [0.05, 0.1) is 6.10 Å². The fourth-order valence-electron chi connectivity index (χ4n) is 3.70. The van der Waals surface area contributed by atoms with E-state index in [-0.39, 0.29) is 6.10 Å². The van der Waals surface area contributed by atoms with E-state index >= 15 is 0 Å². The van der Waals surface area contributed by atoms with Gasteiger partial charge in [0.1, 0.15) is 0 Å². The molecule has 3 rings (SSSR count). The second kappa shape index (κ2) is 6.15. The van der Waals surface area contributed by atoms with Crippen molar-refractivity contribution in [2.75, 3.05) is 31.1 Å². The molecule has 0 saturated carbocycles. The van der Waals surface area contributed by atoms with Crippen LogP contribution in [-0.2, 0) is 0 Å². The highest BCUT2D eigenvalue weighted by Gasteiger charge is 2.29. The van der Waals surface area contributed by atoms with Gasteiger partial charge in [0.15, 0.2) is 0 Å². The molecule has 1 aromatic carbocycles. The largest absolute Gasteiger partial charge is 0.388 e. The average molecular weight is 274 g/mol. The van der Waals surface area contributed by atoms with Crippen LogP contribution in [0.5, 0.6) is 0 Å². The van der Waals surface area contributed by atoms with Crippen molar-refractivity contribution >= 4 is 5.69 Å². The molecule has 0 amide bonds. The van der Waals surface area contributed by atoms with Gasteiger partial charge in [-0.15, -0.1) is 0 Å². The van der Waals surface area contributed by atoms with Crippen LogP contribution < -0.4 is 4.90 Å². The van der Waals surface area contributed by atoms with E-state index in [0.29, 0.717) is 6.04 Å². The Morgan fingerprint density at radius 3 is 2.85 bits per heavy atom. The standard InChI is InChI=1S/C17H26N2O/c1-2-17(20)15-8-3-4-9-16(15)19-12-6-11-18-10-5-7-14(18)13-19/h3-4,8-9,14,17,20H,2,5-7,10-13H2,1H3/t14?,17-/m1/s1. The Balaban J connectivity index is 1.84. The zero-order valence-corrected chi connectivity index (χ0v) is 12.5. The van der Waals surface area contributed by atoms with Gasteiger partial charge < -0.3 is 10.0 Å². The number of fused-ring (bicyclic) bond motifs is 1. The molecule has 0 spiro atoms. The fourth-order valence-corrected chi connectivity index (χ4v) is 3.70. The van der Waals surface area contributed by atoms with Gasteiger partial charge in [0.2, 0.25) is 0 Å². The maximum Gasteiger partial charge on any atom is 0.0807 e.